The normalized spacial score (nSPS) is 12.7. The lowest BCUT2D eigenvalue weighted by atomic mass is 10.1. The molecule has 108 valence electrons. The number of carbonyl (C=O) groups is 1. The van der Waals surface area contributed by atoms with E-state index in [0.29, 0.717) is 10.0 Å². The number of carboxylic acid groups (broad SMARTS) is 1. The molecular formula is C13H14BrNO4S. The summed E-state index contributed by atoms with van der Waals surface area (Å²) in [5, 5.41) is 9.08. The zero-order valence-corrected chi connectivity index (χ0v) is 13.4. The van der Waals surface area contributed by atoms with Gasteiger partial charge in [-0.2, -0.15) is 0 Å². The van der Waals surface area contributed by atoms with E-state index in [0.717, 1.165) is 6.07 Å². The van der Waals surface area contributed by atoms with Crippen LogP contribution in [0.4, 0.5) is 0 Å². The topological polar surface area (TPSA) is 83.5 Å². The number of terminal acetylenes is 1. The lowest BCUT2D eigenvalue weighted by molar-refractivity contribution is 0.0695. The molecule has 0 saturated heterocycles. The van der Waals surface area contributed by atoms with Crippen molar-refractivity contribution in [1.82, 2.24) is 4.72 Å². The third-order valence-electron chi connectivity index (χ3n) is 2.64. The van der Waals surface area contributed by atoms with Crippen molar-refractivity contribution in [2.24, 2.45) is 0 Å². The van der Waals surface area contributed by atoms with Gasteiger partial charge < -0.3 is 5.11 Å². The summed E-state index contributed by atoms with van der Waals surface area (Å²) in [6, 6.07) is 2.07. The van der Waals surface area contributed by atoms with Gasteiger partial charge in [0.15, 0.2) is 0 Å². The van der Waals surface area contributed by atoms with Gasteiger partial charge in [-0.3, -0.25) is 0 Å². The molecule has 20 heavy (non-hydrogen) atoms. The molecule has 0 saturated carbocycles. The highest BCUT2D eigenvalue weighted by Gasteiger charge is 2.21. The first-order valence-electron chi connectivity index (χ1n) is 5.68. The molecule has 0 aliphatic carbocycles. The molecule has 5 nitrogen and oxygen atoms in total. The summed E-state index contributed by atoms with van der Waals surface area (Å²) in [6.07, 6.45) is 5.37. The van der Waals surface area contributed by atoms with Gasteiger partial charge in [0, 0.05) is 16.9 Å². The van der Waals surface area contributed by atoms with Crippen molar-refractivity contribution >= 4 is 31.9 Å². The number of carboxylic acids is 1. The van der Waals surface area contributed by atoms with Crippen LogP contribution in [-0.2, 0) is 10.0 Å². The fourth-order valence-electron chi connectivity index (χ4n) is 1.58. The summed E-state index contributed by atoms with van der Waals surface area (Å²) in [7, 11) is -3.82. The van der Waals surface area contributed by atoms with Crippen LogP contribution in [0.3, 0.4) is 0 Å². The molecule has 0 aromatic heterocycles. The number of nitrogens with one attached hydrogen (secondary N) is 1. The lowest BCUT2D eigenvalue weighted by Gasteiger charge is -2.13. The Labute approximate surface area is 126 Å². The van der Waals surface area contributed by atoms with Crippen LogP contribution in [0.1, 0.15) is 29.3 Å². The van der Waals surface area contributed by atoms with Gasteiger partial charge in [-0.25, -0.2) is 17.9 Å². The Morgan fingerprint density at radius 2 is 2.15 bits per heavy atom. The number of benzene rings is 1. The first-order chi connectivity index (χ1) is 9.19. The van der Waals surface area contributed by atoms with Gasteiger partial charge in [-0.05, 0) is 31.5 Å². The maximum absolute atomic E-state index is 12.2. The Kier molecular flexibility index (Phi) is 5.34. The Bertz CT molecular complexity index is 676. The van der Waals surface area contributed by atoms with E-state index >= 15 is 0 Å². The van der Waals surface area contributed by atoms with Crippen LogP contribution in [0.25, 0.3) is 0 Å². The van der Waals surface area contributed by atoms with Gasteiger partial charge in [-0.1, -0.05) is 15.9 Å². The fourth-order valence-corrected chi connectivity index (χ4v) is 3.49. The van der Waals surface area contributed by atoms with E-state index in [1.54, 1.807) is 13.8 Å². The molecule has 2 N–H and O–H groups in total. The van der Waals surface area contributed by atoms with Crippen molar-refractivity contribution in [3.8, 4) is 12.3 Å². The molecule has 0 amide bonds. The van der Waals surface area contributed by atoms with Crippen LogP contribution in [0.2, 0.25) is 0 Å². The fraction of sp³-hybridized carbons (Fsp3) is 0.308. The maximum atomic E-state index is 12.2. The molecule has 0 aliphatic heterocycles. The van der Waals surface area contributed by atoms with Crippen molar-refractivity contribution in [2.45, 2.75) is 31.2 Å². The van der Waals surface area contributed by atoms with E-state index in [2.05, 4.69) is 26.6 Å². The summed E-state index contributed by atoms with van der Waals surface area (Å²) in [4.78, 5) is 11.0. The van der Waals surface area contributed by atoms with E-state index in [4.69, 9.17) is 11.5 Å². The van der Waals surface area contributed by atoms with Crippen molar-refractivity contribution in [1.29, 1.82) is 0 Å². The number of hydrogen-bond donors (Lipinski definition) is 2. The molecule has 1 unspecified atom stereocenters. The van der Waals surface area contributed by atoms with E-state index in [9.17, 15) is 13.2 Å². The standard InChI is InChI=1S/C13H14BrNO4S/c1-4-5-8(2)15-20(18,19)10-6-11(13(16)17)9(3)12(14)7-10/h1,6-8,15H,5H2,2-3H3,(H,16,17). The minimum Gasteiger partial charge on any atom is -0.478 e. The molecule has 1 aromatic rings. The van der Waals surface area contributed by atoms with E-state index in [1.165, 1.54) is 6.07 Å². The zero-order chi connectivity index (χ0) is 15.5. The number of halogens is 1. The molecule has 0 heterocycles. The Morgan fingerprint density at radius 3 is 2.65 bits per heavy atom. The van der Waals surface area contributed by atoms with Crippen molar-refractivity contribution < 1.29 is 18.3 Å². The minimum atomic E-state index is -3.82. The first-order valence-corrected chi connectivity index (χ1v) is 7.96. The van der Waals surface area contributed by atoms with E-state index < -0.39 is 22.0 Å². The number of aromatic carboxylic acids is 1. The summed E-state index contributed by atoms with van der Waals surface area (Å²) in [5.41, 5.74) is 0.400. The average Bonchev–Trinajstić information content (AvgIpc) is 2.31. The molecule has 7 heteroatoms. The monoisotopic (exact) mass is 359 g/mol. The molecule has 0 fully saturated rings. The van der Waals surface area contributed by atoms with Crippen LogP contribution in [0.15, 0.2) is 21.5 Å². The van der Waals surface area contributed by atoms with Crippen molar-refractivity contribution in [2.75, 3.05) is 0 Å². The number of sulfonamides is 1. The Morgan fingerprint density at radius 1 is 1.55 bits per heavy atom. The summed E-state index contributed by atoms with van der Waals surface area (Å²) >= 11 is 3.17. The van der Waals surface area contributed by atoms with Crippen LogP contribution < -0.4 is 4.72 Å². The average molecular weight is 360 g/mol. The molecule has 1 rings (SSSR count). The molecule has 1 atom stereocenters. The Hall–Kier alpha value is -1.36. The SMILES string of the molecule is C#CCC(C)NS(=O)(=O)c1cc(Br)c(C)c(C(=O)O)c1. The second-order valence-corrected chi connectivity index (χ2v) is 6.88. The van der Waals surface area contributed by atoms with Crippen molar-refractivity contribution in [3.63, 3.8) is 0 Å². The van der Waals surface area contributed by atoms with Gasteiger partial charge in [0.05, 0.1) is 10.5 Å². The summed E-state index contributed by atoms with van der Waals surface area (Å²) in [6.45, 7) is 3.23. The van der Waals surface area contributed by atoms with Crippen LogP contribution in [0, 0.1) is 19.3 Å². The second-order valence-electron chi connectivity index (χ2n) is 4.31. The minimum absolute atomic E-state index is 0.0654. The smallest absolute Gasteiger partial charge is 0.336 e. The van der Waals surface area contributed by atoms with Gasteiger partial charge in [0.2, 0.25) is 10.0 Å². The molecule has 0 spiro atoms. The highest BCUT2D eigenvalue weighted by Crippen LogP contribution is 2.25. The zero-order valence-electron chi connectivity index (χ0n) is 11.0. The van der Waals surface area contributed by atoms with Crippen LogP contribution in [-0.4, -0.2) is 25.5 Å². The van der Waals surface area contributed by atoms with E-state index in [1.807, 2.05) is 0 Å². The van der Waals surface area contributed by atoms with Gasteiger partial charge in [-0.15, -0.1) is 12.3 Å². The first kappa shape index (κ1) is 16.7. The number of hydrogen-bond acceptors (Lipinski definition) is 3. The maximum Gasteiger partial charge on any atom is 0.336 e. The lowest BCUT2D eigenvalue weighted by Crippen LogP contribution is -2.32. The van der Waals surface area contributed by atoms with Gasteiger partial charge in [0.1, 0.15) is 0 Å². The third-order valence-corrected chi connectivity index (χ3v) is 5.03. The van der Waals surface area contributed by atoms with Crippen molar-refractivity contribution in [3.05, 3.63) is 27.7 Å². The summed E-state index contributed by atoms with van der Waals surface area (Å²) in [5.74, 6) is 1.18. The van der Waals surface area contributed by atoms with Gasteiger partial charge in [0.25, 0.3) is 0 Å². The largest absolute Gasteiger partial charge is 0.478 e. The third kappa shape index (κ3) is 3.82. The highest BCUT2D eigenvalue weighted by molar-refractivity contribution is 9.10. The molecule has 0 bridgehead atoms. The molecule has 1 aromatic carbocycles. The molecular weight excluding hydrogens is 346 g/mol. The predicted molar refractivity (Wildman–Crippen MR) is 79.1 cm³/mol. The predicted octanol–water partition coefficient (Wildman–Crippen LogP) is 2.15. The van der Waals surface area contributed by atoms with Gasteiger partial charge >= 0.3 is 5.97 Å². The van der Waals surface area contributed by atoms with Crippen LogP contribution in [0.5, 0.6) is 0 Å². The second kappa shape index (κ2) is 6.39. The quantitative estimate of drug-likeness (QED) is 0.789. The van der Waals surface area contributed by atoms with E-state index in [-0.39, 0.29) is 16.9 Å². The highest BCUT2D eigenvalue weighted by atomic mass is 79.9. The Balaban J connectivity index is 3.27. The summed E-state index contributed by atoms with van der Waals surface area (Å²) < 4.78 is 27.1. The van der Waals surface area contributed by atoms with Crippen LogP contribution >= 0.6 is 15.9 Å². The molecule has 0 aliphatic rings. The molecule has 0 radical (unpaired) electrons. The number of rotatable bonds is 5.